The van der Waals surface area contributed by atoms with Crippen molar-refractivity contribution in [1.82, 2.24) is 4.90 Å². The van der Waals surface area contributed by atoms with Crippen molar-refractivity contribution in [1.29, 1.82) is 0 Å². The summed E-state index contributed by atoms with van der Waals surface area (Å²) in [5.74, 6) is -0.476. The number of amides is 1. The first-order chi connectivity index (χ1) is 10.1. The maximum absolute atomic E-state index is 13.3. The number of benzene rings is 2. The lowest BCUT2D eigenvalue weighted by atomic mass is 9.90. The number of rotatable bonds is 1. The van der Waals surface area contributed by atoms with Crippen molar-refractivity contribution in [2.45, 2.75) is 26.3 Å². The van der Waals surface area contributed by atoms with E-state index in [1.807, 2.05) is 17.9 Å². The van der Waals surface area contributed by atoms with Crippen molar-refractivity contribution in [2.24, 2.45) is 0 Å². The van der Waals surface area contributed by atoms with E-state index in [0.717, 1.165) is 6.42 Å². The minimum atomic E-state index is -0.373. The normalized spacial score (nSPS) is 17.5. The summed E-state index contributed by atoms with van der Waals surface area (Å²) in [6.07, 6.45) is 0.855. The molecule has 0 aliphatic carbocycles. The summed E-state index contributed by atoms with van der Waals surface area (Å²) in [7, 11) is 0. The van der Waals surface area contributed by atoms with Crippen LogP contribution in [0.2, 0.25) is 0 Å². The minimum absolute atomic E-state index is 0.0180. The Morgan fingerprint density at radius 2 is 2.00 bits per heavy atom. The molecule has 2 aromatic carbocycles. The summed E-state index contributed by atoms with van der Waals surface area (Å²) in [5, 5.41) is 0. The summed E-state index contributed by atoms with van der Waals surface area (Å²) in [6.45, 7) is 4.82. The maximum Gasteiger partial charge on any atom is 0.254 e. The predicted molar refractivity (Wildman–Crippen MR) is 80.7 cm³/mol. The third kappa shape index (κ3) is 2.44. The van der Waals surface area contributed by atoms with Crippen LogP contribution < -0.4 is 0 Å². The van der Waals surface area contributed by atoms with Gasteiger partial charge in [0.05, 0.1) is 6.04 Å². The number of aryl methyl sites for hydroxylation is 1. The van der Waals surface area contributed by atoms with E-state index in [-0.39, 0.29) is 17.8 Å². The van der Waals surface area contributed by atoms with Crippen LogP contribution >= 0.6 is 0 Å². The highest BCUT2D eigenvalue weighted by Gasteiger charge is 2.28. The number of nitrogens with zero attached hydrogens (tertiary/aromatic N) is 1. The first kappa shape index (κ1) is 13.8. The van der Waals surface area contributed by atoms with E-state index in [1.165, 1.54) is 28.8 Å². The van der Waals surface area contributed by atoms with E-state index in [0.29, 0.717) is 12.1 Å². The zero-order chi connectivity index (χ0) is 15.0. The first-order valence-electron chi connectivity index (χ1n) is 7.23. The summed E-state index contributed by atoms with van der Waals surface area (Å²) < 4.78 is 13.3. The Labute approximate surface area is 124 Å². The van der Waals surface area contributed by atoms with Crippen LogP contribution in [0.5, 0.6) is 0 Å². The molecule has 0 spiro atoms. The molecule has 0 N–H and O–H groups in total. The van der Waals surface area contributed by atoms with Crippen LogP contribution in [0.25, 0.3) is 0 Å². The topological polar surface area (TPSA) is 20.3 Å². The molecule has 0 bridgehead atoms. The van der Waals surface area contributed by atoms with Crippen molar-refractivity contribution in [2.75, 3.05) is 6.54 Å². The quantitative estimate of drug-likeness (QED) is 0.777. The molecule has 2 aromatic rings. The predicted octanol–water partition coefficient (Wildman–Crippen LogP) is 3.89. The van der Waals surface area contributed by atoms with E-state index in [4.69, 9.17) is 0 Å². The number of carbonyl (C=O) groups excluding carboxylic acids is 1. The number of hydrogen-bond donors (Lipinski definition) is 0. The molecule has 21 heavy (non-hydrogen) atoms. The molecule has 0 aromatic heterocycles. The lowest BCUT2D eigenvalue weighted by Gasteiger charge is -2.36. The lowest BCUT2D eigenvalue weighted by molar-refractivity contribution is 0.0677. The number of halogens is 1. The minimum Gasteiger partial charge on any atom is -0.332 e. The molecular weight excluding hydrogens is 265 g/mol. The van der Waals surface area contributed by atoms with Crippen LogP contribution in [-0.2, 0) is 6.42 Å². The van der Waals surface area contributed by atoms with Crippen molar-refractivity contribution in [3.63, 3.8) is 0 Å². The average Bonchev–Trinajstić information content (AvgIpc) is 2.48. The second-order valence-corrected chi connectivity index (χ2v) is 5.58. The van der Waals surface area contributed by atoms with E-state index in [9.17, 15) is 9.18 Å². The Hall–Kier alpha value is -2.16. The van der Waals surface area contributed by atoms with Gasteiger partial charge in [0, 0.05) is 12.1 Å². The molecule has 1 aliphatic rings. The highest BCUT2D eigenvalue weighted by Crippen LogP contribution is 2.32. The zero-order valence-electron chi connectivity index (χ0n) is 12.3. The highest BCUT2D eigenvalue weighted by molar-refractivity contribution is 5.94. The maximum atomic E-state index is 13.3. The Bertz CT molecular complexity index is 695. The lowest BCUT2D eigenvalue weighted by Crippen LogP contribution is -2.39. The van der Waals surface area contributed by atoms with Gasteiger partial charge in [-0.25, -0.2) is 4.39 Å². The van der Waals surface area contributed by atoms with Crippen LogP contribution in [0.1, 0.15) is 40.0 Å². The molecule has 108 valence electrons. The Kier molecular flexibility index (Phi) is 3.50. The zero-order valence-corrected chi connectivity index (χ0v) is 12.3. The Morgan fingerprint density at radius 1 is 1.24 bits per heavy atom. The molecule has 2 nitrogen and oxygen atoms in total. The van der Waals surface area contributed by atoms with Crippen molar-refractivity contribution >= 4 is 5.91 Å². The second kappa shape index (κ2) is 5.32. The van der Waals surface area contributed by atoms with Crippen LogP contribution in [0, 0.1) is 12.7 Å². The summed E-state index contributed by atoms with van der Waals surface area (Å²) in [5.41, 5.74) is 4.23. The van der Waals surface area contributed by atoms with Crippen molar-refractivity contribution < 1.29 is 9.18 Å². The van der Waals surface area contributed by atoms with Gasteiger partial charge >= 0.3 is 0 Å². The van der Waals surface area contributed by atoms with E-state index >= 15 is 0 Å². The number of carbonyl (C=O) groups is 1. The SMILES string of the molecule is Cc1cccc2c1CCN(C(=O)c1cccc(F)c1)[C@@H]2C. The molecule has 1 heterocycles. The Morgan fingerprint density at radius 3 is 2.76 bits per heavy atom. The molecule has 1 amide bonds. The number of hydrogen-bond acceptors (Lipinski definition) is 1. The average molecular weight is 283 g/mol. The summed E-state index contributed by atoms with van der Waals surface area (Å²) >= 11 is 0. The van der Waals surface area contributed by atoms with E-state index < -0.39 is 0 Å². The molecular formula is C18H18FNO. The van der Waals surface area contributed by atoms with Gasteiger partial charge in [0.25, 0.3) is 5.91 Å². The van der Waals surface area contributed by atoms with Gasteiger partial charge in [0.1, 0.15) is 5.82 Å². The molecule has 0 saturated heterocycles. The second-order valence-electron chi connectivity index (χ2n) is 5.58. The van der Waals surface area contributed by atoms with E-state index in [1.54, 1.807) is 12.1 Å². The van der Waals surface area contributed by atoms with Gasteiger partial charge in [0.15, 0.2) is 0 Å². The fraction of sp³-hybridized carbons (Fsp3) is 0.278. The fourth-order valence-electron chi connectivity index (χ4n) is 3.12. The van der Waals surface area contributed by atoms with Gasteiger partial charge in [-0.15, -0.1) is 0 Å². The summed E-state index contributed by atoms with van der Waals surface area (Å²) in [6, 6.07) is 12.1. The first-order valence-corrected chi connectivity index (χ1v) is 7.23. The van der Waals surface area contributed by atoms with Gasteiger partial charge in [-0.3, -0.25) is 4.79 Å². The van der Waals surface area contributed by atoms with Gasteiger partial charge in [0.2, 0.25) is 0 Å². The van der Waals surface area contributed by atoms with Gasteiger partial charge in [-0.05, 0) is 55.2 Å². The smallest absolute Gasteiger partial charge is 0.254 e. The fourth-order valence-corrected chi connectivity index (χ4v) is 3.12. The van der Waals surface area contributed by atoms with Gasteiger partial charge < -0.3 is 4.90 Å². The third-order valence-electron chi connectivity index (χ3n) is 4.30. The standard InChI is InChI=1S/C18H18FNO/c1-12-5-3-8-17-13(2)20(10-9-16(12)17)18(21)14-6-4-7-15(19)11-14/h3-8,11,13H,9-10H2,1-2H3/t13-/m1/s1. The number of fused-ring (bicyclic) bond motifs is 1. The van der Waals surface area contributed by atoms with Gasteiger partial charge in [-0.2, -0.15) is 0 Å². The molecule has 1 aliphatic heterocycles. The molecule has 1 atom stereocenters. The molecule has 0 saturated carbocycles. The third-order valence-corrected chi connectivity index (χ3v) is 4.30. The van der Waals surface area contributed by atoms with Crippen LogP contribution in [0.15, 0.2) is 42.5 Å². The highest BCUT2D eigenvalue weighted by atomic mass is 19.1. The van der Waals surface area contributed by atoms with Gasteiger partial charge in [-0.1, -0.05) is 24.3 Å². The Balaban J connectivity index is 1.93. The van der Waals surface area contributed by atoms with Crippen LogP contribution in [-0.4, -0.2) is 17.4 Å². The van der Waals surface area contributed by atoms with E-state index in [2.05, 4.69) is 19.1 Å². The molecule has 3 heteroatoms. The molecule has 0 fully saturated rings. The van der Waals surface area contributed by atoms with Crippen molar-refractivity contribution in [3.8, 4) is 0 Å². The van der Waals surface area contributed by atoms with Crippen molar-refractivity contribution in [3.05, 3.63) is 70.5 Å². The van der Waals surface area contributed by atoms with Crippen LogP contribution in [0.3, 0.4) is 0 Å². The monoisotopic (exact) mass is 283 g/mol. The largest absolute Gasteiger partial charge is 0.332 e. The van der Waals surface area contributed by atoms with Crippen LogP contribution in [0.4, 0.5) is 4.39 Å². The molecule has 0 unspecified atom stereocenters. The summed E-state index contributed by atoms with van der Waals surface area (Å²) in [4.78, 5) is 14.4. The molecule has 3 rings (SSSR count). The molecule has 0 radical (unpaired) electrons.